The SMILES string of the molecule is C=C(C)C(=O)OCCCCCCCCCOP(=O)(OCCCCCCCCCOC(=O)C(=C)C)OCCCCCCCCCOC(=O)C(=C)C. The molecule has 0 spiro atoms. The quantitative estimate of drug-likeness (QED) is 0.0202. The van der Waals surface area contributed by atoms with E-state index in [4.69, 9.17) is 27.8 Å². The maximum Gasteiger partial charge on any atom is 0.474 e. The first-order valence-corrected chi connectivity index (χ1v) is 20.5. The Bertz CT molecular complexity index is 885. The van der Waals surface area contributed by atoms with Crippen molar-refractivity contribution in [1.82, 2.24) is 0 Å². The molecule has 0 atom stereocenters. The van der Waals surface area contributed by atoms with Gasteiger partial charge in [-0.25, -0.2) is 18.9 Å². The van der Waals surface area contributed by atoms with Gasteiger partial charge in [0.1, 0.15) is 0 Å². The molecule has 0 aromatic heterocycles. The fraction of sp³-hybridized carbons (Fsp3) is 0.769. The number of hydrogen-bond donors (Lipinski definition) is 0. The first kappa shape index (κ1) is 47.7. The number of esters is 3. The molecule has 0 aromatic carbocycles. The Morgan fingerprint density at radius 3 is 0.740 bits per heavy atom. The highest BCUT2D eigenvalue weighted by Gasteiger charge is 2.26. The molecule has 0 saturated carbocycles. The van der Waals surface area contributed by atoms with E-state index in [1.54, 1.807) is 20.8 Å². The van der Waals surface area contributed by atoms with Crippen LogP contribution >= 0.6 is 7.82 Å². The molecule has 0 bridgehead atoms. The molecule has 0 rings (SSSR count). The zero-order valence-corrected chi connectivity index (χ0v) is 32.6. The Kier molecular flexibility index (Phi) is 31.2. The van der Waals surface area contributed by atoms with Crippen molar-refractivity contribution in [1.29, 1.82) is 0 Å². The Hall–Kier alpha value is -2.26. The molecular formula is C39H69O10P. The van der Waals surface area contributed by atoms with Crippen LogP contribution in [-0.2, 0) is 46.7 Å². The zero-order valence-electron chi connectivity index (χ0n) is 31.7. The summed E-state index contributed by atoms with van der Waals surface area (Å²) < 4.78 is 46.0. The van der Waals surface area contributed by atoms with E-state index in [1.165, 1.54) is 0 Å². The van der Waals surface area contributed by atoms with Gasteiger partial charge in [-0.3, -0.25) is 13.6 Å². The average molecular weight is 729 g/mol. The standard InChI is InChI=1S/C39H69O10P/c1-34(2)37(40)44-28-22-16-10-7-13-19-25-31-47-50(43,48-32-26-20-14-8-11-17-23-29-45-38(41)35(3)4)49-33-27-21-15-9-12-18-24-30-46-39(42)36(5)6/h1,3,5,7-33H2,2,4,6H3. The molecule has 0 aliphatic heterocycles. The Morgan fingerprint density at radius 1 is 0.360 bits per heavy atom. The summed E-state index contributed by atoms with van der Waals surface area (Å²) in [5, 5.41) is 0. The normalized spacial score (nSPS) is 11.3. The molecule has 0 fully saturated rings. The molecule has 0 aliphatic rings. The fourth-order valence-electron chi connectivity index (χ4n) is 4.77. The van der Waals surface area contributed by atoms with Crippen LogP contribution < -0.4 is 0 Å². The largest absolute Gasteiger partial charge is 0.474 e. The van der Waals surface area contributed by atoms with E-state index in [9.17, 15) is 18.9 Å². The Labute approximate surface area is 303 Å². The van der Waals surface area contributed by atoms with Crippen LogP contribution in [0.4, 0.5) is 0 Å². The van der Waals surface area contributed by atoms with Crippen molar-refractivity contribution in [2.24, 2.45) is 0 Å². The second-order valence-corrected chi connectivity index (χ2v) is 14.8. The summed E-state index contributed by atoms with van der Waals surface area (Å²) in [6.45, 7) is 18.0. The molecule has 50 heavy (non-hydrogen) atoms. The van der Waals surface area contributed by atoms with E-state index in [1.807, 2.05) is 0 Å². The van der Waals surface area contributed by atoms with Gasteiger partial charge in [0.25, 0.3) is 0 Å². The summed E-state index contributed by atoms with van der Waals surface area (Å²) >= 11 is 0. The smallest absolute Gasteiger partial charge is 0.462 e. The predicted octanol–water partition coefficient (Wildman–Crippen LogP) is 10.7. The third-order valence-electron chi connectivity index (χ3n) is 7.86. The third-order valence-corrected chi connectivity index (χ3v) is 9.36. The van der Waals surface area contributed by atoms with Gasteiger partial charge in [-0.1, -0.05) is 116 Å². The number of carbonyl (C=O) groups is 3. The fourth-order valence-corrected chi connectivity index (χ4v) is 6.05. The first-order chi connectivity index (χ1) is 24.0. The second-order valence-electron chi connectivity index (χ2n) is 13.1. The minimum absolute atomic E-state index is 0.330. The number of unbranched alkanes of at least 4 members (excludes halogenated alkanes) is 18. The van der Waals surface area contributed by atoms with Crippen LogP contribution in [0.25, 0.3) is 0 Å². The molecular weight excluding hydrogens is 659 g/mol. The Morgan fingerprint density at radius 2 is 0.540 bits per heavy atom. The van der Waals surface area contributed by atoms with Crippen molar-refractivity contribution in [3.8, 4) is 0 Å². The summed E-state index contributed by atoms with van der Waals surface area (Å²) in [6, 6.07) is 0. The van der Waals surface area contributed by atoms with Gasteiger partial charge in [-0.2, -0.15) is 0 Å². The highest BCUT2D eigenvalue weighted by Crippen LogP contribution is 2.50. The molecule has 0 aliphatic carbocycles. The maximum absolute atomic E-state index is 13.4. The highest BCUT2D eigenvalue weighted by molar-refractivity contribution is 7.48. The van der Waals surface area contributed by atoms with Crippen molar-refractivity contribution in [2.45, 2.75) is 156 Å². The number of ether oxygens (including phenoxy) is 3. The van der Waals surface area contributed by atoms with Gasteiger partial charge in [0.15, 0.2) is 0 Å². The molecule has 11 heteroatoms. The van der Waals surface area contributed by atoms with Gasteiger partial charge in [0.2, 0.25) is 0 Å². The van der Waals surface area contributed by atoms with E-state index >= 15 is 0 Å². The zero-order chi connectivity index (χ0) is 37.3. The van der Waals surface area contributed by atoms with E-state index in [0.29, 0.717) is 56.4 Å². The van der Waals surface area contributed by atoms with Crippen LogP contribution in [0.2, 0.25) is 0 Å². The molecule has 0 amide bonds. The van der Waals surface area contributed by atoms with Crippen molar-refractivity contribution >= 4 is 25.7 Å². The first-order valence-electron chi connectivity index (χ1n) is 19.0. The van der Waals surface area contributed by atoms with E-state index in [-0.39, 0.29) is 17.9 Å². The van der Waals surface area contributed by atoms with Crippen LogP contribution in [0.15, 0.2) is 36.5 Å². The maximum atomic E-state index is 13.4. The summed E-state index contributed by atoms with van der Waals surface area (Å²) in [4.78, 5) is 34.2. The van der Waals surface area contributed by atoms with Gasteiger partial charge in [-0.15, -0.1) is 0 Å². The summed E-state index contributed by atoms with van der Waals surface area (Å²) in [5.74, 6) is -0.991. The van der Waals surface area contributed by atoms with E-state index < -0.39 is 7.82 Å². The minimum atomic E-state index is -3.63. The van der Waals surface area contributed by atoms with Crippen LogP contribution in [0.5, 0.6) is 0 Å². The van der Waals surface area contributed by atoms with Gasteiger partial charge in [0.05, 0.1) is 39.6 Å². The Balaban J connectivity index is 4.23. The molecule has 0 radical (unpaired) electrons. The third kappa shape index (κ3) is 30.6. The molecule has 290 valence electrons. The number of hydrogen-bond acceptors (Lipinski definition) is 10. The number of rotatable bonds is 36. The minimum Gasteiger partial charge on any atom is -0.462 e. The molecule has 0 N–H and O–H groups in total. The summed E-state index contributed by atoms with van der Waals surface area (Å²) in [7, 11) is -3.63. The average Bonchev–Trinajstić information content (AvgIpc) is 3.07. The monoisotopic (exact) mass is 728 g/mol. The van der Waals surface area contributed by atoms with Gasteiger partial charge in [-0.05, 0) is 59.3 Å². The molecule has 0 aromatic rings. The van der Waals surface area contributed by atoms with Gasteiger partial charge in [0, 0.05) is 16.7 Å². The van der Waals surface area contributed by atoms with Gasteiger partial charge >= 0.3 is 25.7 Å². The summed E-state index contributed by atoms with van der Waals surface area (Å²) in [5.41, 5.74) is 1.27. The van der Waals surface area contributed by atoms with Crippen LogP contribution in [0.1, 0.15) is 156 Å². The molecule has 0 unspecified atom stereocenters. The topological polar surface area (TPSA) is 124 Å². The second kappa shape index (κ2) is 32.6. The predicted molar refractivity (Wildman–Crippen MR) is 200 cm³/mol. The van der Waals surface area contributed by atoms with E-state index in [2.05, 4.69) is 19.7 Å². The lowest BCUT2D eigenvalue weighted by Gasteiger charge is -2.18. The lowest BCUT2D eigenvalue weighted by atomic mass is 10.1. The van der Waals surface area contributed by atoms with Crippen LogP contribution in [0.3, 0.4) is 0 Å². The number of phosphoric ester groups is 1. The molecule has 0 saturated heterocycles. The lowest BCUT2D eigenvalue weighted by Crippen LogP contribution is -2.06. The van der Waals surface area contributed by atoms with Crippen LogP contribution in [0, 0.1) is 0 Å². The van der Waals surface area contributed by atoms with Gasteiger partial charge < -0.3 is 14.2 Å². The van der Waals surface area contributed by atoms with Crippen molar-refractivity contribution in [3.05, 3.63) is 36.5 Å². The molecule has 10 nitrogen and oxygen atoms in total. The number of carbonyl (C=O) groups excluding carboxylic acids is 3. The van der Waals surface area contributed by atoms with E-state index in [0.717, 1.165) is 135 Å². The number of phosphoric acid groups is 1. The highest BCUT2D eigenvalue weighted by atomic mass is 31.2. The van der Waals surface area contributed by atoms with Crippen molar-refractivity contribution < 1.29 is 46.7 Å². The van der Waals surface area contributed by atoms with Crippen molar-refractivity contribution in [2.75, 3.05) is 39.6 Å². The molecule has 0 heterocycles. The van der Waals surface area contributed by atoms with Crippen molar-refractivity contribution in [3.63, 3.8) is 0 Å². The lowest BCUT2D eigenvalue weighted by molar-refractivity contribution is -0.139. The summed E-state index contributed by atoms with van der Waals surface area (Å²) in [6.07, 6.45) is 20.5. The van der Waals surface area contributed by atoms with Crippen LogP contribution in [-0.4, -0.2) is 57.5 Å².